The minimum Gasteiger partial charge on any atom is -0.491 e. The highest BCUT2D eigenvalue weighted by molar-refractivity contribution is 9.10. The summed E-state index contributed by atoms with van der Waals surface area (Å²) >= 11 is 8.35. The van der Waals surface area contributed by atoms with Gasteiger partial charge in [0.15, 0.2) is 0 Å². The molecule has 0 saturated carbocycles. The predicted octanol–water partition coefficient (Wildman–Crippen LogP) is 1.74. The zero-order chi connectivity index (χ0) is 13.1. The van der Waals surface area contributed by atoms with Crippen LogP contribution >= 0.6 is 28.1 Å². The summed E-state index contributed by atoms with van der Waals surface area (Å²) < 4.78 is 6.58. The Morgan fingerprint density at radius 2 is 2.39 bits per heavy atom. The van der Waals surface area contributed by atoms with Crippen molar-refractivity contribution >= 4 is 39.0 Å². The number of hydrogen-bond donors (Lipinski definition) is 2. The monoisotopic (exact) mass is 328 g/mol. The Morgan fingerprint density at radius 3 is 3.00 bits per heavy atom. The molecule has 1 atom stereocenters. The predicted molar refractivity (Wildman–Crippen MR) is 76.7 cm³/mol. The van der Waals surface area contributed by atoms with E-state index in [-0.39, 0.29) is 11.9 Å². The number of ether oxygens (including phenoxy) is 1. The van der Waals surface area contributed by atoms with Crippen molar-refractivity contribution < 1.29 is 9.53 Å². The van der Waals surface area contributed by atoms with Gasteiger partial charge in [-0.3, -0.25) is 4.79 Å². The number of halogens is 1. The molecule has 0 spiro atoms. The Kier molecular flexibility index (Phi) is 4.19. The lowest BCUT2D eigenvalue weighted by atomic mass is 10.2. The van der Waals surface area contributed by atoms with Gasteiger partial charge >= 0.3 is 0 Å². The number of benzene rings is 1. The van der Waals surface area contributed by atoms with Crippen molar-refractivity contribution in [2.45, 2.75) is 18.9 Å². The zero-order valence-corrected chi connectivity index (χ0v) is 12.0. The topological polar surface area (TPSA) is 64.3 Å². The van der Waals surface area contributed by atoms with Crippen molar-refractivity contribution in [3.8, 4) is 5.75 Å². The van der Waals surface area contributed by atoms with Gasteiger partial charge in [0.05, 0.1) is 11.6 Å². The lowest BCUT2D eigenvalue weighted by Crippen LogP contribution is -2.31. The van der Waals surface area contributed by atoms with Crippen LogP contribution in [-0.2, 0) is 4.79 Å². The summed E-state index contributed by atoms with van der Waals surface area (Å²) in [6.45, 7) is 0.434. The summed E-state index contributed by atoms with van der Waals surface area (Å²) in [5, 5.41) is 2.85. The van der Waals surface area contributed by atoms with Crippen LogP contribution < -0.4 is 15.8 Å². The lowest BCUT2D eigenvalue weighted by molar-refractivity contribution is -0.119. The maximum Gasteiger partial charge on any atom is 0.220 e. The van der Waals surface area contributed by atoms with Crippen LogP contribution in [0.5, 0.6) is 5.75 Å². The van der Waals surface area contributed by atoms with Crippen molar-refractivity contribution in [1.82, 2.24) is 5.32 Å². The van der Waals surface area contributed by atoms with Crippen molar-refractivity contribution in [2.24, 2.45) is 5.73 Å². The smallest absolute Gasteiger partial charge is 0.220 e. The summed E-state index contributed by atoms with van der Waals surface area (Å²) in [4.78, 5) is 11.4. The molecule has 1 heterocycles. The number of amides is 1. The first-order valence-electron chi connectivity index (χ1n) is 5.58. The average molecular weight is 329 g/mol. The van der Waals surface area contributed by atoms with Crippen LogP contribution in [0.4, 0.5) is 0 Å². The number of nitrogens with two attached hydrogens (primary N) is 1. The van der Waals surface area contributed by atoms with E-state index in [2.05, 4.69) is 21.2 Å². The number of carbonyl (C=O) groups is 1. The van der Waals surface area contributed by atoms with Crippen molar-refractivity contribution in [3.05, 3.63) is 28.2 Å². The van der Waals surface area contributed by atoms with Crippen LogP contribution in [0.1, 0.15) is 18.4 Å². The average Bonchev–Trinajstić information content (AvgIpc) is 2.73. The van der Waals surface area contributed by atoms with Crippen molar-refractivity contribution in [3.63, 3.8) is 0 Å². The third-order valence-corrected chi connectivity index (χ3v) is 3.45. The molecule has 6 heteroatoms. The molecule has 2 rings (SSSR count). The van der Waals surface area contributed by atoms with E-state index in [1.165, 1.54) is 0 Å². The molecule has 1 aliphatic rings. The highest BCUT2D eigenvalue weighted by atomic mass is 79.9. The maximum absolute atomic E-state index is 11.1. The van der Waals surface area contributed by atoms with Gasteiger partial charge in [-0.25, -0.2) is 0 Å². The summed E-state index contributed by atoms with van der Waals surface area (Å²) in [7, 11) is 0. The lowest BCUT2D eigenvalue weighted by Gasteiger charge is -2.14. The fraction of sp³-hybridized carbons (Fsp3) is 0.333. The molecule has 1 aromatic rings. The van der Waals surface area contributed by atoms with Gasteiger partial charge in [0.25, 0.3) is 0 Å². The molecule has 1 saturated heterocycles. The van der Waals surface area contributed by atoms with Gasteiger partial charge in [-0.15, -0.1) is 0 Å². The summed E-state index contributed by atoms with van der Waals surface area (Å²) in [6, 6.07) is 5.57. The molecule has 18 heavy (non-hydrogen) atoms. The fourth-order valence-corrected chi connectivity index (χ4v) is 2.33. The molecule has 0 bridgehead atoms. The van der Waals surface area contributed by atoms with Crippen LogP contribution in [0.2, 0.25) is 0 Å². The molecule has 1 amide bonds. The molecular formula is C12H13BrN2O2S. The molecule has 3 N–H and O–H groups in total. The Morgan fingerprint density at radius 1 is 1.61 bits per heavy atom. The second-order valence-corrected chi connectivity index (χ2v) is 5.47. The molecule has 1 aliphatic heterocycles. The highest BCUT2D eigenvalue weighted by Crippen LogP contribution is 2.23. The first-order valence-corrected chi connectivity index (χ1v) is 6.78. The normalized spacial score (nSPS) is 18.5. The minimum atomic E-state index is 0.0698. The minimum absolute atomic E-state index is 0.0698. The third-order valence-electron chi connectivity index (χ3n) is 2.73. The van der Waals surface area contributed by atoms with Crippen LogP contribution in [0.25, 0.3) is 0 Å². The zero-order valence-electron chi connectivity index (χ0n) is 9.61. The molecule has 0 aromatic heterocycles. The van der Waals surface area contributed by atoms with E-state index in [1.54, 1.807) is 0 Å². The van der Waals surface area contributed by atoms with Gasteiger partial charge in [0, 0.05) is 10.9 Å². The Labute approximate surface area is 119 Å². The largest absolute Gasteiger partial charge is 0.491 e. The summed E-state index contributed by atoms with van der Waals surface area (Å²) in [6.07, 6.45) is 1.37. The quantitative estimate of drug-likeness (QED) is 0.826. The highest BCUT2D eigenvalue weighted by Gasteiger charge is 2.21. The molecule has 1 aromatic carbocycles. The Balaban J connectivity index is 2.04. The van der Waals surface area contributed by atoms with Crippen LogP contribution in [0.3, 0.4) is 0 Å². The summed E-state index contributed by atoms with van der Waals surface area (Å²) in [5.74, 6) is 0.723. The number of carbonyl (C=O) groups excluding carboxylic acids is 1. The van der Waals surface area contributed by atoms with Gasteiger partial charge in [-0.1, -0.05) is 28.1 Å². The number of hydrogen-bond acceptors (Lipinski definition) is 3. The second-order valence-electron chi connectivity index (χ2n) is 4.12. The Hall–Kier alpha value is -1.14. The van der Waals surface area contributed by atoms with Crippen LogP contribution in [-0.4, -0.2) is 23.5 Å². The molecule has 4 nitrogen and oxygen atoms in total. The number of thiocarbonyl (C=S) groups is 1. The number of nitrogens with one attached hydrogen (secondary N) is 1. The first kappa shape index (κ1) is 13.3. The van der Waals surface area contributed by atoms with Gasteiger partial charge in [-0.05, 0) is 24.6 Å². The van der Waals surface area contributed by atoms with Crippen molar-refractivity contribution in [2.75, 3.05) is 6.61 Å². The van der Waals surface area contributed by atoms with Gasteiger partial charge in [0.1, 0.15) is 17.3 Å². The van der Waals surface area contributed by atoms with Crippen LogP contribution in [0.15, 0.2) is 22.7 Å². The maximum atomic E-state index is 11.1. The number of rotatable bonds is 4. The van der Waals surface area contributed by atoms with E-state index in [0.29, 0.717) is 29.3 Å². The molecule has 0 aliphatic carbocycles. The van der Waals surface area contributed by atoms with Crippen LogP contribution in [0, 0.1) is 0 Å². The van der Waals surface area contributed by atoms with E-state index in [0.717, 1.165) is 10.9 Å². The Bertz CT molecular complexity index is 493. The third kappa shape index (κ3) is 3.20. The molecule has 1 unspecified atom stereocenters. The molecule has 96 valence electrons. The second kappa shape index (κ2) is 5.67. The van der Waals surface area contributed by atoms with E-state index in [4.69, 9.17) is 22.7 Å². The standard InChI is InChI=1S/C12H13BrN2O2S/c13-7-1-3-10(9(5-7)12(14)18)17-6-8-2-4-11(16)15-8/h1,3,5,8H,2,4,6H2,(H2,14,18)(H,15,16). The first-order chi connectivity index (χ1) is 8.56. The molecule has 0 radical (unpaired) electrons. The van der Waals surface area contributed by atoms with E-state index >= 15 is 0 Å². The van der Waals surface area contributed by atoms with Crippen molar-refractivity contribution in [1.29, 1.82) is 0 Å². The molecular weight excluding hydrogens is 316 g/mol. The fourth-order valence-electron chi connectivity index (χ4n) is 1.81. The van der Waals surface area contributed by atoms with E-state index < -0.39 is 0 Å². The molecule has 1 fully saturated rings. The SMILES string of the molecule is NC(=S)c1cc(Br)ccc1OCC1CCC(=O)N1. The van der Waals surface area contributed by atoms with E-state index in [9.17, 15) is 4.79 Å². The van der Waals surface area contributed by atoms with E-state index in [1.807, 2.05) is 18.2 Å². The summed E-state index contributed by atoms with van der Waals surface area (Å²) in [5.41, 5.74) is 6.35. The van der Waals surface area contributed by atoms with Gasteiger partial charge in [-0.2, -0.15) is 0 Å². The van der Waals surface area contributed by atoms with Gasteiger partial charge in [0.2, 0.25) is 5.91 Å². The van der Waals surface area contributed by atoms with Gasteiger partial charge < -0.3 is 15.8 Å².